The van der Waals surface area contributed by atoms with Crippen LogP contribution in [-0.2, 0) is 9.53 Å². The van der Waals surface area contributed by atoms with Crippen molar-refractivity contribution in [1.29, 1.82) is 0 Å². The molecule has 6 nitrogen and oxygen atoms in total. The van der Waals surface area contributed by atoms with Crippen molar-refractivity contribution in [2.24, 2.45) is 0 Å². The molecule has 0 bridgehead atoms. The van der Waals surface area contributed by atoms with Crippen molar-refractivity contribution in [3.63, 3.8) is 0 Å². The summed E-state index contributed by atoms with van der Waals surface area (Å²) in [7, 11) is 0. The highest BCUT2D eigenvalue weighted by molar-refractivity contribution is 5.79. The van der Waals surface area contributed by atoms with Crippen LogP contribution in [0.1, 0.15) is 90.9 Å². The van der Waals surface area contributed by atoms with Crippen LogP contribution in [0.2, 0.25) is 0 Å². The van der Waals surface area contributed by atoms with Crippen LogP contribution >= 0.6 is 0 Å². The standard InChI is InChI=1S/C29H40F4N2O4/c1-3-5-7-9-11-13-19-37-25-21-34-26(35-22-25)23-15-17-24(18-16-23)39-28(30,29(31,32)33)27(36)38-20-14-12-10-8-6-4-2/h15-18,21-22H,3-14,19-20H2,1-2H3. The van der Waals surface area contributed by atoms with Crippen molar-refractivity contribution in [2.45, 2.75) is 103 Å². The molecule has 1 aromatic heterocycles. The van der Waals surface area contributed by atoms with Gasteiger partial charge in [-0.3, -0.25) is 0 Å². The molecule has 218 valence electrons. The Bertz CT molecular complexity index is 955. The zero-order valence-electron chi connectivity index (χ0n) is 22.9. The predicted octanol–water partition coefficient (Wildman–Crippen LogP) is 8.39. The largest absolute Gasteiger partial charge is 0.490 e. The average Bonchev–Trinajstić information content (AvgIpc) is 2.92. The van der Waals surface area contributed by atoms with Crippen molar-refractivity contribution in [3.05, 3.63) is 36.7 Å². The first-order valence-electron chi connectivity index (χ1n) is 13.9. The molecule has 2 aromatic rings. The number of nitrogens with zero attached hydrogens (tertiary/aromatic N) is 2. The maximum absolute atomic E-state index is 14.9. The number of carbonyl (C=O) groups excluding carboxylic acids is 1. The highest BCUT2D eigenvalue weighted by Crippen LogP contribution is 2.37. The topological polar surface area (TPSA) is 70.5 Å². The second-order valence-electron chi connectivity index (χ2n) is 9.48. The molecular formula is C29H40F4N2O4. The van der Waals surface area contributed by atoms with Crippen molar-refractivity contribution in [2.75, 3.05) is 13.2 Å². The Kier molecular flexibility index (Phi) is 14.0. The van der Waals surface area contributed by atoms with Gasteiger partial charge in [-0.15, -0.1) is 0 Å². The van der Waals surface area contributed by atoms with Crippen LogP contribution in [0.4, 0.5) is 17.6 Å². The van der Waals surface area contributed by atoms with Gasteiger partial charge < -0.3 is 14.2 Å². The van der Waals surface area contributed by atoms with Crippen LogP contribution in [0, 0.1) is 0 Å². The maximum atomic E-state index is 14.9. The van der Waals surface area contributed by atoms with E-state index in [-0.39, 0.29) is 6.61 Å². The number of aromatic nitrogens is 2. The third-order valence-electron chi connectivity index (χ3n) is 6.12. The summed E-state index contributed by atoms with van der Waals surface area (Å²) in [6, 6.07) is 4.98. The molecule has 0 radical (unpaired) electrons. The molecular weight excluding hydrogens is 516 g/mol. The van der Waals surface area contributed by atoms with E-state index >= 15 is 0 Å². The minimum Gasteiger partial charge on any atom is -0.490 e. The third kappa shape index (κ3) is 11.0. The number of hydrogen-bond acceptors (Lipinski definition) is 6. The lowest BCUT2D eigenvalue weighted by atomic mass is 10.1. The number of carbonyl (C=O) groups is 1. The van der Waals surface area contributed by atoms with Gasteiger partial charge in [0.2, 0.25) is 0 Å². The molecule has 0 aliphatic heterocycles. The van der Waals surface area contributed by atoms with E-state index in [2.05, 4.69) is 33.3 Å². The second kappa shape index (κ2) is 16.9. The lowest BCUT2D eigenvalue weighted by Crippen LogP contribution is -2.54. The van der Waals surface area contributed by atoms with Crippen LogP contribution in [0.3, 0.4) is 0 Å². The molecule has 0 spiro atoms. The summed E-state index contributed by atoms with van der Waals surface area (Å²) in [4.78, 5) is 20.5. The molecule has 0 fully saturated rings. The summed E-state index contributed by atoms with van der Waals surface area (Å²) < 4.78 is 70.1. The smallest absolute Gasteiger partial charge is 0.472 e. The first-order chi connectivity index (χ1) is 18.7. The molecule has 39 heavy (non-hydrogen) atoms. The molecule has 0 amide bonds. The van der Waals surface area contributed by atoms with Crippen LogP contribution in [-0.4, -0.2) is 41.2 Å². The van der Waals surface area contributed by atoms with Gasteiger partial charge in [-0.2, -0.15) is 17.6 Å². The lowest BCUT2D eigenvalue weighted by molar-refractivity contribution is -0.297. The predicted molar refractivity (Wildman–Crippen MR) is 141 cm³/mol. The van der Waals surface area contributed by atoms with Crippen LogP contribution in [0.15, 0.2) is 36.7 Å². The Labute approximate surface area is 228 Å². The highest BCUT2D eigenvalue weighted by atomic mass is 19.4. The number of unbranched alkanes of at least 4 members (excludes halogenated alkanes) is 10. The fourth-order valence-electron chi connectivity index (χ4n) is 3.80. The van der Waals surface area contributed by atoms with Gasteiger partial charge >= 0.3 is 18.0 Å². The zero-order valence-corrected chi connectivity index (χ0v) is 22.9. The summed E-state index contributed by atoms with van der Waals surface area (Å²) >= 11 is 0. The Morgan fingerprint density at radius 3 is 1.77 bits per heavy atom. The number of halogens is 4. The number of esters is 1. The Morgan fingerprint density at radius 2 is 1.23 bits per heavy atom. The Hall–Kier alpha value is -2.91. The SMILES string of the molecule is CCCCCCCCOC(=O)C(F)(Oc1ccc(-c2ncc(OCCCCCCCC)cn2)cc1)C(F)(F)F. The van der Waals surface area contributed by atoms with E-state index in [9.17, 15) is 22.4 Å². The molecule has 1 heterocycles. The number of alkyl halides is 4. The van der Waals surface area contributed by atoms with E-state index in [1.807, 2.05) is 0 Å². The van der Waals surface area contributed by atoms with Gasteiger partial charge in [0.15, 0.2) is 11.6 Å². The van der Waals surface area contributed by atoms with E-state index in [4.69, 9.17) is 4.74 Å². The van der Waals surface area contributed by atoms with Gasteiger partial charge in [-0.05, 0) is 37.1 Å². The van der Waals surface area contributed by atoms with Crippen molar-refractivity contribution < 1.29 is 36.6 Å². The van der Waals surface area contributed by atoms with Crippen molar-refractivity contribution >= 4 is 5.97 Å². The van der Waals surface area contributed by atoms with Gasteiger partial charge in [0.05, 0.1) is 25.6 Å². The minimum atomic E-state index is -5.63. The first kappa shape index (κ1) is 32.3. The number of benzene rings is 1. The summed E-state index contributed by atoms with van der Waals surface area (Å²) in [5, 5.41) is 0. The lowest BCUT2D eigenvalue weighted by Gasteiger charge is -2.26. The monoisotopic (exact) mass is 556 g/mol. The van der Waals surface area contributed by atoms with Gasteiger partial charge in [-0.1, -0.05) is 78.1 Å². The Morgan fingerprint density at radius 1 is 0.718 bits per heavy atom. The van der Waals surface area contributed by atoms with Crippen LogP contribution in [0.5, 0.6) is 11.5 Å². The highest BCUT2D eigenvalue weighted by Gasteiger charge is 2.66. The number of ether oxygens (including phenoxy) is 3. The van der Waals surface area contributed by atoms with Gasteiger partial charge in [0.25, 0.3) is 0 Å². The quantitative estimate of drug-likeness (QED) is 0.0983. The van der Waals surface area contributed by atoms with Crippen LogP contribution < -0.4 is 9.47 Å². The second-order valence-corrected chi connectivity index (χ2v) is 9.48. The molecule has 2 rings (SSSR count). The number of hydrogen-bond donors (Lipinski definition) is 0. The van der Waals surface area contributed by atoms with Gasteiger partial charge in [0.1, 0.15) is 5.75 Å². The summed E-state index contributed by atoms with van der Waals surface area (Å²) in [6.07, 6.45) is 9.27. The van der Waals surface area contributed by atoms with Gasteiger partial charge in [-0.25, -0.2) is 14.8 Å². The molecule has 0 saturated carbocycles. The molecule has 0 aliphatic carbocycles. The summed E-state index contributed by atoms with van der Waals surface area (Å²) in [5.41, 5.74) is 0.465. The third-order valence-corrected chi connectivity index (χ3v) is 6.12. The van der Waals surface area contributed by atoms with E-state index in [0.717, 1.165) is 50.7 Å². The van der Waals surface area contributed by atoms with Crippen molar-refractivity contribution in [3.8, 4) is 22.9 Å². The normalized spacial score (nSPS) is 13.1. The molecule has 1 unspecified atom stereocenters. The maximum Gasteiger partial charge on any atom is 0.472 e. The van der Waals surface area contributed by atoms with E-state index in [0.29, 0.717) is 36.6 Å². The molecule has 0 saturated heterocycles. The fourth-order valence-corrected chi connectivity index (χ4v) is 3.80. The average molecular weight is 557 g/mol. The molecule has 10 heteroatoms. The molecule has 1 aromatic carbocycles. The summed E-state index contributed by atoms with van der Waals surface area (Å²) in [5.74, 6) is -6.42. The minimum absolute atomic E-state index is 0.300. The Balaban J connectivity index is 1.90. The number of rotatable bonds is 19. The van der Waals surface area contributed by atoms with E-state index in [1.165, 1.54) is 50.2 Å². The zero-order chi connectivity index (χ0) is 28.6. The van der Waals surface area contributed by atoms with E-state index < -0.39 is 23.7 Å². The molecule has 1 atom stereocenters. The van der Waals surface area contributed by atoms with Crippen LogP contribution in [0.25, 0.3) is 11.4 Å². The first-order valence-corrected chi connectivity index (χ1v) is 13.9. The summed E-state index contributed by atoms with van der Waals surface area (Å²) in [6.45, 7) is 4.48. The van der Waals surface area contributed by atoms with Crippen molar-refractivity contribution in [1.82, 2.24) is 9.97 Å². The van der Waals surface area contributed by atoms with Gasteiger partial charge in [0, 0.05) is 5.56 Å². The molecule has 0 N–H and O–H groups in total. The fraction of sp³-hybridized carbons (Fsp3) is 0.621. The van der Waals surface area contributed by atoms with E-state index in [1.54, 1.807) is 0 Å². The molecule has 0 aliphatic rings.